The lowest BCUT2D eigenvalue weighted by atomic mass is 9.99. The summed E-state index contributed by atoms with van der Waals surface area (Å²) in [4.78, 5) is 12.8. The van der Waals surface area contributed by atoms with Crippen LogP contribution in [0, 0.1) is 0 Å². The van der Waals surface area contributed by atoms with Crippen LogP contribution in [0.15, 0.2) is 24.3 Å². The Labute approximate surface area is 343 Å². The van der Waals surface area contributed by atoms with Crippen LogP contribution in [-0.4, -0.2) is 89.6 Å². The normalized spacial score (nSPS) is 20.7. The molecule has 0 spiro atoms. The molecule has 1 aliphatic heterocycles. The van der Waals surface area contributed by atoms with E-state index in [0.29, 0.717) is 13.0 Å². The molecule has 0 aliphatic carbocycles. The van der Waals surface area contributed by atoms with Crippen LogP contribution in [0.4, 0.5) is 0 Å². The molecule has 56 heavy (non-hydrogen) atoms. The SMILES string of the molecule is CCCCCC/C=C\C/C=C\CCCCCCCCCC(=O)OC(COCCCCCCCCCCCCCCCCC)COC1OC(CO)C(O)C(O)C1O. The predicted octanol–water partition coefficient (Wildman–Crippen LogP) is 10.6. The molecule has 1 saturated heterocycles. The van der Waals surface area contributed by atoms with Crippen LogP contribution < -0.4 is 0 Å². The molecule has 9 heteroatoms. The summed E-state index contributed by atoms with van der Waals surface area (Å²) in [6.07, 6.45) is 37.7. The fraction of sp³-hybridized carbons (Fsp3) is 0.894. The van der Waals surface area contributed by atoms with E-state index >= 15 is 0 Å². The zero-order valence-electron chi connectivity index (χ0n) is 36.1. The van der Waals surface area contributed by atoms with Gasteiger partial charge in [-0.15, -0.1) is 0 Å². The summed E-state index contributed by atoms with van der Waals surface area (Å²) in [5.74, 6) is -0.318. The Morgan fingerprint density at radius 2 is 1.04 bits per heavy atom. The molecule has 0 bridgehead atoms. The number of ether oxygens (including phenoxy) is 4. The quantitative estimate of drug-likeness (QED) is 0.0271. The topological polar surface area (TPSA) is 135 Å². The third kappa shape index (κ3) is 29.8. The number of hydrogen-bond donors (Lipinski definition) is 4. The maximum absolute atomic E-state index is 12.8. The largest absolute Gasteiger partial charge is 0.457 e. The minimum Gasteiger partial charge on any atom is -0.457 e. The molecule has 1 fully saturated rings. The highest BCUT2D eigenvalue weighted by Crippen LogP contribution is 2.23. The molecule has 4 N–H and O–H groups in total. The predicted molar refractivity (Wildman–Crippen MR) is 229 cm³/mol. The summed E-state index contributed by atoms with van der Waals surface area (Å²) in [6, 6.07) is 0. The maximum Gasteiger partial charge on any atom is 0.306 e. The highest BCUT2D eigenvalue weighted by atomic mass is 16.7. The second kappa shape index (κ2) is 39.1. The van der Waals surface area contributed by atoms with Gasteiger partial charge in [-0.25, -0.2) is 0 Å². The molecule has 1 aliphatic rings. The third-order valence-corrected chi connectivity index (χ3v) is 10.9. The van der Waals surface area contributed by atoms with E-state index < -0.39 is 43.4 Å². The van der Waals surface area contributed by atoms with Crippen molar-refractivity contribution >= 4 is 5.97 Å². The lowest BCUT2D eigenvalue weighted by Gasteiger charge is -2.39. The molecule has 1 heterocycles. The highest BCUT2D eigenvalue weighted by Gasteiger charge is 2.44. The van der Waals surface area contributed by atoms with Crippen LogP contribution in [-0.2, 0) is 23.7 Å². The molecule has 330 valence electrons. The van der Waals surface area contributed by atoms with Gasteiger partial charge in [-0.2, -0.15) is 0 Å². The van der Waals surface area contributed by atoms with Crippen molar-refractivity contribution in [2.24, 2.45) is 0 Å². The zero-order valence-corrected chi connectivity index (χ0v) is 36.1. The van der Waals surface area contributed by atoms with Gasteiger partial charge in [0.1, 0.15) is 30.5 Å². The first-order valence-corrected chi connectivity index (χ1v) is 23.4. The second-order valence-electron chi connectivity index (χ2n) is 16.2. The van der Waals surface area contributed by atoms with Crippen LogP contribution in [0.25, 0.3) is 0 Å². The van der Waals surface area contributed by atoms with Crippen molar-refractivity contribution in [3.63, 3.8) is 0 Å². The zero-order chi connectivity index (χ0) is 40.7. The number of carbonyl (C=O) groups is 1. The van der Waals surface area contributed by atoms with Gasteiger partial charge in [0.2, 0.25) is 0 Å². The van der Waals surface area contributed by atoms with E-state index in [0.717, 1.165) is 44.9 Å². The fourth-order valence-electron chi connectivity index (χ4n) is 7.17. The number of carbonyl (C=O) groups excluding carboxylic acids is 1. The van der Waals surface area contributed by atoms with Gasteiger partial charge in [-0.05, 0) is 44.9 Å². The Balaban J connectivity index is 2.25. The fourth-order valence-corrected chi connectivity index (χ4v) is 7.17. The van der Waals surface area contributed by atoms with E-state index in [1.165, 1.54) is 141 Å². The van der Waals surface area contributed by atoms with Crippen LogP contribution in [0.2, 0.25) is 0 Å². The highest BCUT2D eigenvalue weighted by molar-refractivity contribution is 5.69. The van der Waals surface area contributed by atoms with Gasteiger partial charge in [0.15, 0.2) is 6.29 Å². The van der Waals surface area contributed by atoms with Crippen molar-refractivity contribution in [1.82, 2.24) is 0 Å². The van der Waals surface area contributed by atoms with Crippen molar-refractivity contribution in [3.8, 4) is 0 Å². The van der Waals surface area contributed by atoms with Crippen LogP contribution in [0.5, 0.6) is 0 Å². The molecule has 1 rings (SSSR count). The Hall–Kier alpha value is -1.33. The first-order chi connectivity index (χ1) is 27.4. The molecule has 0 aromatic carbocycles. The van der Waals surface area contributed by atoms with Crippen molar-refractivity contribution in [2.75, 3.05) is 26.4 Å². The molecular formula is C47H88O9. The van der Waals surface area contributed by atoms with Gasteiger partial charge < -0.3 is 39.4 Å². The van der Waals surface area contributed by atoms with Crippen molar-refractivity contribution < 1.29 is 44.2 Å². The average molecular weight is 797 g/mol. The molecule has 0 radical (unpaired) electrons. The van der Waals surface area contributed by atoms with Crippen molar-refractivity contribution in [1.29, 1.82) is 0 Å². The Bertz CT molecular complexity index is 910. The van der Waals surface area contributed by atoms with E-state index in [1.807, 2.05) is 0 Å². The third-order valence-electron chi connectivity index (χ3n) is 10.9. The molecule has 6 atom stereocenters. The summed E-state index contributed by atoms with van der Waals surface area (Å²) in [5.41, 5.74) is 0. The standard InChI is InChI=1S/C47H88O9/c1-3-5-7-9-11-13-15-17-19-20-21-22-24-26-28-30-32-34-36-43(49)55-41(40-54-47-46(52)45(51)44(50)42(38-48)56-47)39-53-37-35-33-31-29-27-25-23-18-16-14-12-10-8-6-4-2/h13,15,19-20,41-42,44-48,50-52H,3-12,14,16-18,21-40H2,1-2H3/b15-13-,20-19-. The van der Waals surface area contributed by atoms with E-state index in [-0.39, 0.29) is 19.2 Å². The van der Waals surface area contributed by atoms with Gasteiger partial charge >= 0.3 is 5.97 Å². The molecule has 0 amide bonds. The minimum atomic E-state index is -1.53. The lowest BCUT2D eigenvalue weighted by molar-refractivity contribution is -0.305. The first kappa shape index (κ1) is 52.7. The Kier molecular flexibility index (Phi) is 36.8. The van der Waals surface area contributed by atoms with E-state index in [4.69, 9.17) is 18.9 Å². The monoisotopic (exact) mass is 797 g/mol. The van der Waals surface area contributed by atoms with Crippen LogP contribution >= 0.6 is 0 Å². The number of esters is 1. The molecule has 0 aromatic rings. The first-order valence-electron chi connectivity index (χ1n) is 23.4. The number of unbranched alkanes of at least 4 members (excludes halogenated alkanes) is 25. The maximum atomic E-state index is 12.8. The molecule has 9 nitrogen and oxygen atoms in total. The minimum absolute atomic E-state index is 0.113. The van der Waals surface area contributed by atoms with Gasteiger partial charge in [-0.3, -0.25) is 4.79 Å². The molecular weight excluding hydrogens is 709 g/mol. The van der Waals surface area contributed by atoms with Crippen molar-refractivity contribution in [2.45, 2.75) is 243 Å². The summed E-state index contributed by atoms with van der Waals surface area (Å²) in [6.45, 7) is 4.56. The van der Waals surface area contributed by atoms with E-state index in [9.17, 15) is 25.2 Å². The number of allylic oxidation sites excluding steroid dienone is 4. The van der Waals surface area contributed by atoms with Gasteiger partial charge in [-0.1, -0.05) is 179 Å². The second-order valence-corrected chi connectivity index (χ2v) is 16.2. The number of rotatable bonds is 40. The summed E-state index contributed by atoms with van der Waals surface area (Å²) >= 11 is 0. The number of hydrogen-bond acceptors (Lipinski definition) is 9. The van der Waals surface area contributed by atoms with Gasteiger partial charge in [0.05, 0.1) is 19.8 Å². The van der Waals surface area contributed by atoms with Gasteiger partial charge in [0.25, 0.3) is 0 Å². The lowest BCUT2D eigenvalue weighted by Crippen LogP contribution is -2.59. The Morgan fingerprint density at radius 3 is 1.55 bits per heavy atom. The number of aliphatic hydroxyl groups excluding tert-OH is 4. The van der Waals surface area contributed by atoms with Crippen molar-refractivity contribution in [3.05, 3.63) is 24.3 Å². The smallest absolute Gasteiger partial charge is 0.306 e. The summed E-state index contributed by atoms with van der Waals surface area (Å²) < 4.78 is 22.8. The van der Waals surface area contributed by atoms with Gasteiger partial charge in [0, 0.05) is 13.0 Å². The van der Waals surface area contributed by atoms with Crippen LogP contribution in [0.3, 0.4) is 0 Å². The summed E-state index contributed by atoms with van der Waals surface area (Å²) in [5, 5.41) is 40.1. The number of aliphatic hydroxyl groups is 4. The molecule has 0 aromatic heterocycles. The molecule has 0 saturated carbocycles. The van der Waals surface area contributed by atoms with E-state index in [1.54, 1.807) is 0 Å². The average Bonchev–Trinajstić information content (AvgIpc) is 3.20. The summed E-state index contributed by atoms with van der Waals surface area (Å²) in [7, 11) is 0. The Morgan fingerprint density at radius 1 is 0.571 bits per heavy atom. The van der Waals surface area contributed by atoms with E-state index in [2.05, 4.69) is 38.2 Å². The molecule has 6 unspecified atom stereocenters. The van der Waals surface area contributed by atoms with Crippen LogP contribution in [0.1, 0.15) is 206 Å².